The lowest BCUT2D eigenvalue weighted by atomic mass is 9.81. The highest BCUT2D eigenvalue weighted by molar-refractivity contribution is 5.86. The highest BCUT2D eigenvalue weighted by Gasteiger charge is 2.56. The van der Waals surface area contributed by atoms with Crippen LogP contribution in [0.25, 0.3) is 0 Å². The molecule has 8 heteroatoms. The van der Waals surface area contributed by atoms with Gasteiger partial charge in [0.1, 0.15) is 11.8 Å². The number of carbonyl (C=O) groups excluding carboxylic acids is 1. The average molecular weight is 484 g/mol. The SMILES string of the molecule is CCCCCOc1ccc(C2C3C(NNC3c3c(C)cc(C)cc3O)C(=O)N2CCO)cc1OC. The van der Waals surface area contributed by atoms with Gasteiger partial charge in [0.2, 0.25) is 5.91 Å². The second kappa shape index (κ2) is 10.8. The van der Waals surface area contributed by atoms with Crippen molar-refractivity contribution in [1.29, 1.82) is 0 Å². The van der Waals surface area contributed by atoms with Crippen molar-refractivity contribution in [2.45, 2.75) is 58.2 Å². The first-order valence-electron chi connectivity index (χ1n) is 12.4. The average Bonchev–Trinajstić information content (AvgIpc) is 3.36. The summed E-state index contributed by atoms with van der Waals surface area (Å²) in [5.41, 5.74) is 10.1. The van der Waals surface area contributed by atoms with Gasteiger partial charge in [0.05, 0.1) is 32.4 Å². The number of likely N-dealkylation sites (tertiary alicyclic amines) is 1. The zero-order chi connectivity index (χ0) is 25.1. The van der Waals surface area contributed by atoms with Crippen LogP contribution >= 0.6 is 0 Å². The maximum atomic E-state index is 13.4. The van der Waals surface area contributed by atoms with Crippen LogP contribution in [0.4, 0.5) is 0 Å². The number of amides is 1. The number of aliphatic hydroxyl groups is 1. The molecule has 4 rings (SSSR count). The summed E-state index contributed by atoms with van der Waals surface area (Å²) in [6.45, 7) is 6.78. The molecule has 0 radical (unpaired) electrons. The van der Waals surface area contributed by atoms with Crippen molar-refractivity contribution in [3.05, 3.63) is 52.6 Å². The number of unbranched alkanes of at least 4 members (excludes halogenated alkanes) is 2. The lowest BCUT2D eigenvalue weighted by Crippen LogP contribution is -2.42. The van der Waals surface area contributed by atoms with E-state index >= 15 is 0 Å². The fourth-order valence-electron chi connectivity index (χ4n) is 5.59. The van der Waals surface area contributed by atoms with E-state index in [1.165, 1.54) is 0 Å². The molecule has 0 aromatic heterocycles. The molecule has 4 unspecified atom stereocenters. The van der Waals surface area contributed by atoms with Crippen LogP contribution in [-0.4, -0.2) is 53.9 Å². The lowest BCUT2D eigenvalue weighted by Gasteiger charge is -2.32. The van der Waals surface area contributed by atoms with Crippen molar-refractivity contribution >= 4 is 5.91 Å². The van der Waals surface area contributed by atoms with E-state index in [1.54, 1.807) is 18.1 Å². The second-order valence-electron chi connectivity index (χ2n) is 9.50. The first-order chi connectivity index (χ1) is 16.9. The third-order valence-electron chi connectivity index (χ3n) is 7.11. The molecule has 1 amide bonds. The van der Waals surface area contributed by atoms with Crippen LogP contribution in [-0.2, 0) is 4.79 Å². The van der Waals surface area contributed by atoms with Gasteiger partial charge in [0, 0.05) is 18.0 Å². The summed E-state index contributed by atoms with van der Waals surface area (Å²) < 4.78 is 11.6. The van der Waals surface area contributed by atoms with Crippen LogP contribution in [0.2, 0.25) is 0 Å². The fourth-order valence-corrected chi connectivity index (χ4v) is 5.59. The maximum Gasteiger partial charge on any atom is 0.242 e. The van der Waals surface area contributed by atoms with E-state index < -0.39 is 6.04 Å². The highest BCUT2D eigenvalue weighted by atomic mass is 16.5. The van der Waals surface area contributed by atoms with E-state index in [0.29, 0.717) is 18.1 Å². The summed E-state index contributed by atoms with van der Waals surface area (Å²) in [5, 5.41) is 20.6. The zero-order valence-electron chi connectivity index (χ0n) is 21.0. The Morgan fingerprint density at radius 3 is 2.51 bits per heavy atom. The zero-order valence-corrected chi connectivity index (χ0v) is 21.0. The van der Waals surface area contributed by atoms with Crippen molar-refractivity contribution < 1.29 is 24.5 Å². The van der Waals surface area contributed by atoms with Gasteiger partial charge in [-0.1, -0.05) is 31.9 Å². The van der Waals surface area contributed by atoms with Gasteiger partial charge >= 0.3 is 0 Å². The molecular weight excluding hydrogens is 446 g/mol. The number of ether oxygens (including phenoxy) is 2. The molecule has 4 atom stereocenters. The lowest BCUT2D eigenvalue weighted by molar-refractivity contribution is -0.131. The number of hydrazine groups is 1. The maximum absolute atomic E-state index is 13.4. The van der Waals surface area contributed by atoms with E-state index in [1.807, 2.05) is 38.1 Å². The number of rotatable bonds is 10. The van der Waals surface area contributed by atoms with Gasteiger partial charge in [-0.15, -0.1) is 0 Å². The number of hydrogen-bond donors (Lipinski definition) is 4. The van der Waals surface area contributed by atoms with Crippen molar-refractivity contribution in [2.75, 3.05) is 26.9 Å². The first kappa shape index (κ1) is 25.3. The Kier molecular flexibility index (Phi) is 7.84. The third-order valence-corrected chi connectivity index (χ3v) is 7.11. The van der Waals surface area contributed by atoms with Crippen LogP contribution in [0, 0.1) is 19.8 Å². The van der Waals surface area contributed by atoms with Crippen LogP contribution in [0.15, 0.2) is 30.3 Å². The number of phenols is 1. The number of hydrogen-bond acceptors (Lipinski definition) is 7. The molecule has 0 saturated carbocycles. The van der Waals surface area contributed by atoms with Gasteiger partial charge in [0.15, 0.2) is 11.5 Å². The van der Waals surface area contributed by atoms with E-state index in [0.717, 1.165) is 41.5 Å². The van der Waals surface area contributed by atoms with E-state index in [-0.39, 0.29) is 42.8 Å². The van der Waals surface area contributed by atoms with Crippen molar-refractivity contribution in [2.24, 2.45) is 5.92 Å². The van der Waals surface area contributed by atoms with Gasteiger partial charge < -0.3 is 24.6 Å². The summed E-state index contributed by atoms with van der Waals surface area (Å²) >= 11 is 0. The van der Waals surface area contributed by atoms with Gasteiger partial charge in [0.25, 0.3) is 0 Å². The molecule has 0 spiro atoms. The Balaban J connectivity index is 1.72. The summed E-state index contributed by atoms with van der Waals surface area (Å²) in [5.74, 6) is 1.22. The minimum absolute atomic E-state index is 0.0767. The minimum atomic E-state index is -0.479. The molecule has 0 aliphatic carbocycles. The molecular formula is C27H37N3O5. The number of nitrogens with zero attached hydrogens (tertiary/aromatic N) is 1. The third kappa shape index (κ3) is 4.83. The standard InChI is InChI=1S/C27H37N3O5/c1-5-6-7-12-35-20-9-8-18(15-21(20)34-4)26-23-24(22-17(3)13-16(2)14-19(22)32)28-29-25(23)27(33)30(26)10-11-31/h8-9,13-15,23-26,28-29,31-32H,5-7,10-12H2,1-4H3. The predicted molar refractivity (Wildman–Crippen MR) is 133 cm³/mol. The van der Waals surface area contributed by atoms with E-state index in [4.69, 9.17) is 9.47 Å². The Labute approximate surface area is 207 Å². The van der Waals surface area contributed by atoms with Gasteiger partial charge in [-0.3, -0.25) is 4.79 Å². The predicted octanol–water partition coefficient (Wildman–Crippen LogP) is 3.30. The number of benzene rings is 2. The Bertz CT molecular complexity index is 1040. The van der Waals surface area contributed by atoms with Crippen molar-refractivity contribution in [1.82, 2.24) is 15.8 Å². The number of aliphatic hydroxyl groups excluding tert-OH is 1. The highest BCUT2D eigenvalue weighted by Crippen LogP contribution is 2.50. The number of phenolic OH excluding ortho intramolecular Hbond substituents is 1. The van der Waals surface area contributed by atoms with Gasteiger partial charge in [-0.05, 0) is 55.2 Å². The molecule has 2 aliphatic heterocycles. The number of nitrogens with one attached hydrogen (secondary N) is 2. The summed E-state index contributed by atoms with van der Waals surface area (Å²) in [4.78, 5) is 15.1. The van der Waals surface area contributed by atoms with Crippen molar-refractivity contribution in [3.8, 4) is 17.2 Å². The van der Waals surface area contributed by atoms with Crippen LogP contribution < -0.4 is 20.3 Å². The molecule has 35 heavy (non-hydrogen) atoms. The second-order valence-corrected chi connectivity index (χ2v) is 9.50. The molecule has 2 aromatic rings. The summed E-state index contributed by atoms with van der Waals surface area (Å²) in [7, 11) is 1.61. The van der Waals surface area contributed by atoms with E-state index in [2.05, 4.69) is 17.8 Å². The minimum Gasteiger partial charge on any atom is -0.508 e. The molecule has 8 nitrogen and oxygen atoms in total. The number of carbonyl (C=O) groups is 1. The van der Waals surface area contributed by atoms with E-state index in [9.17, 15) is 15.0 Å². The molecule has 2 aromatic carbocycles. The van der Waals surface area contributed by atoms with Crippen LogP contribution in [0.1, 0.15) is 60.5 Å². The molecule has 2 saturated heterocycles. The summed E-state index contributed by atoms with van der Waals surface area (Å²) in [6.07, 6.45) is 3.21. The quantitative estimate of drug-likeness (QED) is 0.385. The van der Waals surface area contributed by atoms with Crippen molar-refractivity contribution in [3.63, 3.8) is 0 Å². The Hall–Kier alpha value is -2.81. The van der Waals surface area contributed by atoms with Crippen LogP contribution in [0.3, 0.4) is 0 Å². The molecule has 190 valence electrons. The normalized spacial score (nSPS) is 23.6. The number of β-amino-alcohol motifs (C(OH)–C–C–N with tert-alkyl or cyclic N) is 1. The number of fused-ring (bicyclic) bond motifs is 1. The summed E-state index contributed by atoms with van der Waals surface area (Å²) in [6, 6.07) is 8.49. The van der Waals surface area contributed by atoms with Gasteiger partial charge in [-0.2, -0.15) is 0 Å². The molecule has 0 bridgehead atoms. The molecule has 2 fully saturated rings. The monoisotopic (exact) mass is 483 g/mol. The smallest absolute Gasteiger partial charge is 0.242 e. The Morgan fingerprint density at radius 2 is 1.83 bits per heavy atom. The van der Waals surface area contributed by atoms with Gasteiger partial charge in [-0.25, -0.2) is 10.9 Å². The number of aryl methyl sites for hydroxylation is 2. The largest absolute Gasteiger partial charge is 0.508 e. The molecule has 4 N–H and O–H groups in total. The topological polar surface area (TPSA) is 103 Å². The Morgan fingerprint density at radius 1 is 1.06 bits per heavy atom. The fraction of sp³-hybridized carbons (Fsp3) is 0.519. The molecule has 2 aliphatic rings. The first-order valence-corrected chi connectivity index (χ1v) is 12.4. The molecule has 2 heterocycles. The number of aromatic hydroxyl groups is 1. The number of methoxy groups -OCH3 is 1. The van der Waals surface area contributed by atoms with Crippen LogP contribution in [0.5, 0.6) is 17.2 Å².